The first-order chi connectivity index (χ1) is 10.5. The van der Waals surface area contributed by atoms with E-state index < -0.39 is 0 Å². The van der Waals surface area contributed by atoms with E-state index >= 15 is 0 Å². The molecule has 2 aromatic carbocycles. The van der Waals surface area contributed by atoms with Gasteiger partial charge in [-0.1, -0.05) is 18.2 Å². The summed E-state index contributed by atoms with van der Waals surface area (Å²) in [4.78, 5) is 11.5. The van der Waals surface area contributed by atoms with E-state index in [0.717, 1.165) is 26.8 Å². The summed E-state index contributed by atoms with van der Waals surface area (Å²) in [6.45, 7) is 7.33. The van der Waals surface area contributed by atoms with Gasteiger partial charge in [-0.25, -0.2) is 0 Å². The second-order valence-electron chi connectivity index (χ2n) is 5.56. The van der Waals surface area contributed by atoms with E-state index in [9.17, 15) is 4.79 Å². The van der Waals surface area contributed by atoms with Gasteiger partial charge in [0.05, 0.1) is 6.10 Å². The van der Waals surface area contributed by atoms with E-state index in [1.165, 1.54) is 11.6 Å². The predicted octanol–water partition coefficient (Wildman–Crippen LogP) is 5.08. The Morgan fingerprint density at radius 2 is 1.91 bits per heavy atom. The zero-order chi connectivity index (χ0) is 15.9. The van der Waals surface area contributed by atoms with Gasteiger partial charge < -0.3 is 9.47 Å². The van der Waals surface area contributed by atoms with Crippen LogP contribution >= 0.6 is 11.3 Å². The number of esters is 1. The number of ether oxygens (including phenoxy) is 2. The largest absolute Gasteiger partial charge is 0.491 e. The van der Waals surface area contributed by atoms with Crippen molar-refractivity contribution in [3.8, 4) is 11.5 Å². The van der Waals surface area contributed by atoms with E-state index in [4.69, 9.17) is 9.47 Å². The smallest absolute Gasteiger partial charge is 0.308 e. The maximum absolute atomic E-state index is 11.5. The first-order valence-electron chi connectivity index (χ1n) is 7.27. The summed E-state index contributed by atoms with van der Waals surface area (Å²) in [5, 5.41) is 2.10. The molecule has 3 rings (SSSR count). The van der Waals surface area contributed by atoms with Crippen LogP contribution in [0.4, 0.5) is 0 Å². The number of rotatable bonds is 3. The molecule has 0 N–H and O–H groups in total. The number of benzene rings is 2. The molecule has 4 heteroatoms. The number of hydrogen-bond acceptors (Lipinski definition) is 4. The second-order valence-corrected chi connectivity index (χ2v) is 6.64. The topological polar surface area (TPSA) is 35.5 Å². The van der Waals surface area contributed by atoms with Gasteiger partial charge in [-0.15, -0.1) is 11.3 Å². The average Bonchev–Trinajstić information content (AvgIpc) is 2.80. The monoisotopic (exact) mass is 314 g/mol. The Bertz CT molecular complexity index is 862. The Morgan fingerprint density at radius 3 is 2.59 bits per heavy atom. The summed E-state index contributed by atoms with van der Waals surface area (Å²) in [7, 11) is 0. The maximum Gasteiger partial charge on any atom is 0.308 e. The summed E-state index contributed by atoms with van der Waals surface area (Å²) in [5.41, 5.74) is 0.861. The maximum atomic E-state index is 11.5. The lowest BCUT2D eigenvalue weighted by Gasteiger charge is -2.16. The molecule has 1 heterocycles. The van der Waals surface area contributed by atoms with Crippen molar-refractivity contribution < 1.29 is 14.3 Å². The van der Waals surface area contributed by atoms with Crippen LogP contribution in [0.1, 0.15) is 26.3 Å². The van der Waals surface area contributed by atoms with Gasteiger partial charge in [-0.05, 0) is 32.9 Å². The second kappa shape index (κ2) is 5.61. The number of thiophene rings is 1. The lowest BCUT2D eigenvalue weighted by Crippen LogP contribution is -2.09. The number of fused-ring (bicyclic) bond motifs is 3. The van der Waals surface area contributed by atoms with Gasteiger partial charge in [0.25, 0.3) is 0 Å². The first-order valence-corrected chi connectivity index (χ1v) is 8.09. The molecule has 0 fully saturated rings. The lowest BCUT2D eigenvalue weighted by atomic mass is 10.1. The Morgan fingerprint density at radius 1 is 1.18 bits per heavy atom. The molecular weight excluding hydrogens is 296 g/mol. The van der Waals surface area contributed by atoms with Gasteiger partial charge in [0.2, 0.25) is 0 Å². The molecule has 22 heavy (non-hydrogen) atoms. The lowest BCUT2D eigenvalue weighted by molar-refractivity contribution is -0.131. The minimum Gasteiger partial charge on any atom is -0.491 e. The van der Waals surface area contributed by atoms with Crippen LogP contribution in [-0.2, 0) is 4.79 Å². The standard InChI is InChI=1S/C18H18O3S/c1-10(2)20-14-9-16-17(18(11(14)3)21-12(4)19)13-7-5-6-8-15(13)22-16/h5-10H,1-4H3. The molecule has 0 saturated carbocycles. The highest BCUT2D eigenvalue weighted by Gasteiger charge is 2.19. The Balaban J connectivity index is 2.36. The fraction of sp³-hybridized carbons (Fsp3) is 0.278. The summed E-state index contributed by atoms with van der Waals surface area (Å²) in [6.07, 6.45) is 0.0655. The Labute approximate surface area is 133 Å². The Hall–Kier alpha value is -2.07. The first kappa shape index (κ1) is 14.9. The molecule has 0 unspecified atom stereocenters. The van der Waals surface area contributed by atoms with Crippen LogP contribution in [0.15, 0.2) is 30.3 Å². The quantitative estimate of drug-likeness (QED) is 0.500. The third-order valence-electron chi connectivity index (χ3n) is 3.43. The van der Waals surface area contributed by atoms with Gasteiger partial charge in [-0.3, -0.25) is 4.79 Å². The SMILES string of the molecule is CC(=O)Oc1c(C)c(OC(C)C)cc2sc3ccccc3c12. The summed E-state index contributed by atoms with van der Waals surface area (Å²) >= 11 is 1.68. The van der Waals surface area contributed by atoms with Crippen LogP contribution in [0.25, 0.3) is 20.2 Å². The van der Waals surface area contributed by atoms with Crippen molar-refractivity contribution in [2.24, 2.45) is 0 Å². The van der Waals surface area contributed by atoms with Gasteiger partial charge >= 0.3 is 5.97 Å². The highest BCUT2D eigenvalue weighted by Crippen LogP contribution is 2.45. The molecule has 0 aliphatic heterocycles. The van der Waals surface area contributed by atoms with E-state index in [1.54, 1.807) is 11.3 Å². The predicted molar refractivity (Wildman–Crippen MR) is 91.1 cm³/mol. The molecule has 0 radical (unpaired) electrons. The van der Waals surface area contributed by atoms with Crippen molar-refractivity contribution in [1.82, 2.24) is 0 Å². The molecule has 0 aliphatic carbocycles. The molecule has 0 aliphatic rings. The van der Waals surface area contributed by atoms with E-state index in [-0.39, 0.29) is 12.1 Å². The van der Waals surface area contributed by atoms with Crippen LogP contribution in [0.5, 0.6) is 11.5 Å². The number of hydrogen-bond donors (Lipinski definition) is 0. The zero-order valence-corrected chi connectivity index (χ0v) is 13.9. The summed E-state index contributed by atoms with van der Waals surface area (Å²) < 4.78 is 13.7. The molecule has 0 amide bonds. The van der Waals surface area contributed by atoms with Crippen molar-refractivity contribution in [2.75, 3.05) is 0 Å². The third kappa shape index (κ3) is 2.55. The van der Waals surface area contributed by atoms with Crippen molar-refractivity contribution in [1.29, 1.82) is 0 Å². The molecule has 3 aromatic rings. The van der Waals surface area contributed by atoms with Gasteiger partial charge in [-0.2, -0.15) is 0 Å². The van der Waals surface area contributed by atoms with Crippen molar-refractivity contribution >= 4 is 37.5 Å². The van der Waals surface area contributed by atoms with Crippen LogP contribution in [0, 0.1) is 6.92 Å². The molecule has 0 bridgehead atoms. The molecule has 0 spiro atoms. The molecule has 0 saturated heterocycles. The summed E-state index contributed by atoms with van der Waals surface area (Å²) in [6, 6.07) is 10.2. The van der Waals surface area contributed by atoms with E-state index in [0.29, 0.717) is 5.75 Å². The average molecular weight is 314 g/mol. The fourth-order valence-corrected chi connectivity index (χ4v) is 3.71. The van der Waals surface area contributed by atoms with E-state index in [1.807, 2.05) is 39.0 Å². The molecule has 1 aromatic heterocycles. The number of carbonyl (C=O) groups is 1. The third-order valence-corrected chi connectivity index (χ3v) is 4.55. The highest BCUT2D eigenvalue weighted by molar-refractivity contribution is 7.25. The van der Waals surface area contributed by atoms with Gasteiger partial charge in [0, 0.05) is 32.7 Å². The fourth-order valence-electron chi connectivity index (χ4n) is 2.57. The van der Waals surface area contributed by atoms with Crippen molar-refractivity contribution in [3.05, 3.63) is 35.9 Å². The highest BCUT2D eigenvalue weighted by atomic mass is 32.1. The minimum atomic E-state index is -0.318. The van der Waals surface area contributed by atoms with Crippen LogP contribution in [0.2, 0.25) is 0 Å². The van der Waals surface area contributed by atoms with Gasteiger partial charge in [0.1, 0.15) is 11.5 Å². The van der Waals surface area contributed by atoms with E-state index in [2.05, 4.69) is 12.1 Å². The Kier molecular flexibility index (Phi) is 3.79. The molecule has 3 nitrogen and oxygen atoms in total. The molecule has 114 valence electrons. The van der Waals surface area contributed by atoms with Crippen molar-refractivity contribution in [2.45, 2.75) is 33.8 Å². The van der Waals surface area contributed by atoms with Crippen LogP contribution < -0.4 is 9.47 Å². The number of carbonyl (C=O) groups excluding carboxylic acids is 1. The molecular formula is C18H18O3S. The molecule has 0 atom stereocenters. The summed E-state index contributed by atoms with van der Waals surface area (Å²) in [5.74, 6) is 1.06. The zero-order valence-electron chi connectivity index (χ0n) is 13.1. The van der Waals surface area contributed by atoms with Gasteiger partial charge in [0.15, 0.2) is 0 Å². The van der Waals surface area contributed by atoms with Crippen LogP contribution in [-0.4, -0.2) is 12.1 Å². The minimum absolute atomic E-state index is 0.0655. The normalized spacial score (nSPS) is 11.3. The van der Waals surface area contributed by atoms with Crippen molar-refractivity contribution in [3.63, 3.8) is 0 Å². The van der Waals surface area contributed by atoms with Crippen LogP contribution in [0.3, 0.4) is 0 Å².